The van der Waals surface area contributed by atoms with E-state index >= 15 is 0 Å². The molecular weight excluding hydrogens is 377 g/mol. The van der Waals surface area contributed by atoms with Crippen LogP contribution in [-0.2, 0) is 0 Å². The van der Waals surface area contributed by atoms with Gasteiger partial charge in [-0.2, -0.15) is 0 Å². The zero-order valence-corrected chi connectivity index (χ0v) is 13.2. The zero-order chi connectivity index (χ0) is 18.2. The van der Waals surface area contributed by atoms with E-state index in [1.54, 1.807) is 0 Å². The Kier molecular flexibility index (Phi) is 3.93. The molecule has 0 unspecified atom stereocenters. The van der Waals surface area contributed by atoms with Gasteiger partial charge in [-0.3, -0.25) is 10.1 Å². The maximum Gasteiger partial charge on any atom is 0.310 e. The Balaban J connectivity index is 2.54. The van der Waals surface area contributed by atoms with Crippen molar-refractivity contribution in [1.82, 2.24) is 0 Å². The van der Waals surface area contributed by atoms with E-state index in [-0.39, 0.29) is 12.1 Å². The van der Waals surface area contributed by atoms with Crippen LogP contribution in [0, 0.1) is 10.1 Å². The average molecular weight is 386 g/mol. The number of benzene rings is 2. The van der Waals surface area contributed by atoms with Crippen molar-refractivity contribution in [2.45, 2.75) is 4.90 Å². The van der Waals surface area contributed by atoms with Crippen molar-refractivity contribution >= 4 is 39.7 Å². The summed E-state index contributed by atoms with van der Waals surface area (Å²) in [6.45, 7) is 0. The van der Waals surface area contributed by atoms with Crippen LogP contribution in [0.1, 0.15) is 11.1 Å². The first kappa shape index (κ1) is 18.2. The first-order valence-corrected chi connectivity index (χ1v) is 8.55. The van der Waals surface area contributed by atoms with Gasteiger partial charge in [0.1, 0.15) is 4.90 Å². The molecule has 0 fully saturated rings. The zero-order valence-electron chi connectivity index (χ0n) is 11.6. The van der Waals surface area contributed by atoms with Crippen LogP contribution in [0.25, 0.3) is 12.2 Å². The Morgan fingerprint density at radius 2 is 1.54 bits per heavy atom. The summed E-state index contributed by atoms with van der Waals surface area (Å²) in [5.41, 5.74) is -0.821. The van der Waals surface area contributed by atoms with Crippen LogP contribution in [0.2, 0.25) is 5.02 Å². The van der Waals surface area contributed by atoms with Gasteiger partial charge in [0.05, 0.1) is 10.5 Å². The van der Waals surface area contributed by atoms with Crippen LogP contribution in [0.5, 0.6) is 0 Å². The molecule has 0 aliphatic carbocycles. The van der Waals surface area contributed by atoms with E-state index in [9.17, 15) is 29.5 Å². The molecule has 0 heterocycles. The molecule has 0 aliphatic heterocycles. The predicted octanol–water partition coefficient (Wildman–Crippen LogP) is 7.08. The molecule has 0 N–H and O–H groups in total. The highest BCUT2D eigenvalue weighted by Crippen LogP contribution is 3.02. The molecule has 2 aromatic carbocycles. The summed E-state index contributed by atoms with van der Waals surface area (Å²) in [5, 5.41) is 11.3. The largest absolute Gasteiger partial charge is 0.310 e. The summed E-state index contributed by atoms with van der Waals surface area (Å²) < 4.78 is 64.3. The molecule has 0 saturated carbocycles. The van der Waals surface area contributed by atoms with Crippen LogP contribution >= 0.6 is 21.8 Å². The van der Waals surface area contributed by atoms with Gasteiger partial charge >= 0.3 is 10.2 Å². The third-order valence-corrected chi connectivity index (χ3v) is 4.36. The topological polar surface area (TPSA) is 43.1 Å². The quantitative estimate of drug-likeness (QED) is 0.244. The van der Waals surface area contributed by atoms with Gasteiger partial charge in [0.2, 0.25) is 0 Å². The van der Waals surface area contributed by atoms with Gasteiger partial charge in [-0.1, -0.05) is 49.2 Å². The van der Waals surface area contributed by atoms with E-state index in [1.807, 2.05) is 0 Å². The van der Waals surface area contributed by atoms with E-state index in [0.29, 0.717) is 16.7 Å². The number of rotatable bonds is 4. The Bertz CT molecular complexity index is 835. The lowest BCUT2D eigenvalue weighted by molar-refractivity contribution is -0.385. The second-order valence-corrected chi connectivity index (χ2v) is 7.68. The van der Waals surface area contributed by atoms with Crippen LogP contribution in [0.15, 0.2) is 47.4 Å². The molecule has 24 heavy (non-hydrogen) atoms. The Labute approximate surface area is 138 Å². The number of hydrogen-bond acceptors (Lipinski definition) is 2. The molecule has 10 heteroatoms. The highest BCUT2D eigenvalue weighted by molar-refractivity contribution is 8.45. The third kappa shape index (κ3) is 4.45. The van der Waals surface area contributed by atoms with Crippen molar-refractivity contribution in [3.05, 3.63) is 68.7 Å². The van der Waals surface area contributed by atoms with Gasteiger partial charge in [-0.05, 0) is 35.9 Å². The molecule has 0 saturated heterocycles. The Morgan fingerprint density at radius 1 is 0.958 bits per heavy atom. The maximum atomic E-state index is 12.9. The number of nitro groups is 1. The molecule has 0 aliphatic rings. The molecule has 0 amide bonds. The predicted molar refractivity (Wildman–Crippen MR) is 84.9 cm³/mol. The molecule has 0 bridgehead atoms. The molecule has 130 valence electrons. The van der Waals surface area contributed by atoms with Crippen LogP contribution in [-0.4, -0.2) is 4.92 Å². The summed E-state index contributed by atoms with van der Waals surface area (Å²) in [7, 11) is -9.92. The lowest BCUT2D eigenvalue weighted by atomic mass is 10.1. The fraction of sp³-hybridized carbons (Fsp3) is 0. The lowest BCUT2D eigenvalue weighted by Gasteiger charge is -2.40. The summed E-state index contributed by atoms with van der Waals surface area (Å²) >= 11 is 5.68. The van der Waals surface area contributed by atoms with E-state index < -0.39 is 31.3 Å². The summed E-state index contributed by atoms with van der Waals surface area (Å²) in [5.74, 6) is 0. The monoisotopic (exact) mass is 385 g/mol. The lowest BCUT2D eigenvalue weighted by Crippen LogP contribution is -2.06. The number of nitro benzene ring substituents is 1. The molecule has 0 radical (unpaired) electrons. The normalized spacial score (nSPS) is 15.1. The molecule has 0 spiro atoms. The Hall–Kier alpha value is -2.13. The standard InChI is InChI=1S/C14H9ClF5NO2S/c15-12-5-2-10(3-6-12)1-4-11-9-13(24(16,17,18,19)20)7-8-14(11)21(22)23/h1-9H. The van der Waals surface area contributed by atoms with Gasteiger partial charge in [-0.25, -0.2) is 0 Å². The van der Waals surface area contributed by atoms with Crippen molar-refractivity contribution in [1.29, 1.82) is 0 Å². The van der Waals surface area contributed by atoms with Crippen LogP contribution in [0.4, 0.5) is 25.1 Å². The molecule has 2 aromatic rings. The Morgan fingerprint density at radius 3 is 2.04 bits per heavy atom. The molecule has 0 aromatic heterocycles. The van der Waals surface area contributed by atoms with Gasteiger partial charge in [0, 0.05) is 11.1 Å². The second-order valence-electron chi connectivity index (χ2n) is 4.83. The van der Waals surface area contributed by atoms with Crippen molar-refractivity contribution in [3.8, 4) is 0 Å². The SMILES string of the molecule is O=[N+]([O-])c1ccc(S(F)(F)(F)(F)F)cc1C=Cc1ccc(Cl)cc1. The molecular formula is C14H9ClF5NO2S. The van der Waals surface area contributed by atoms with Crippen molar-refractivity contribution in [3.63, 3.8) is 0 Å². The molecule has 3 nitrogen and oxygen atoms in total. The highest BCUT2D eigenvalue weighted by atomic mass is 35.5. The van der Waals surface area contributed by atoms with Crippen molar-refractivity contribution in [2.75, 3.05) is 0 Å². The molecule has 0 atom stereocenters. The first-order valence-electron chi connectivity index (χ1n) is 6.22. The minimum absolute atomic E-state index is 0.0132. The van der Waals surface area contributed by atoms with Crippen LogP contribution < -0.4 is 0 Å². The first-order chi connectivity index (χ1) is 10.8. The average Bonchev–Trinajstić information content (AvgIpc) is 2.44. The smallest absolute Gasteiger partial charge is 0.258 e. The van der Waals surface area contributed by atoms with E-state index in [0.717, 1.165) is 6.08 Å². The number of halogens is 6. The minimum Gasteiger partial charge on any atom is -0.258 e. The van der Waals surface area contributed by atoms with Gasteiger partial charge in [-0.15, -0.1) is 0 Å². The fourth-order valence-corrected chi connectivity index (χ4v) is 2.63. The maximum absolute atomic E-state index is 12.9. The van der Waals surface area contributed by atoms with E-state index in [4.69, 9.17) is 11.6 Å². The second kappa shape index (κ2) is 5.18. The highest BCUT2D eigenvalue weighted by Gasteiger charge is 2.65. The number of hydrogen-bond donors (Lipinski definition) is 0. The number of nitrogens with zero attached hydrogens (tertiary/aromatic N) is 1. The minimum atomic E-state index is -9.92. The fourth-order valence-electron chi connectivity index (χ4n) is 1.83. The van der Waals surface area contributed by atoms with Crippen LogP contribution in [0.3, 0.4) is 0 Å². The van der Waals surface area contributed by atoms with Gasteiger partial charge < -0.3 is 0 Å². The van der Waals surface area contributed by atoms with Crippen molar-refractivity contribution < 1.29 is 24.4 Å². The summed E-state index contributed by atoms with van der Waals surface area (Å²) in [6, 6.07) is 6.53. The van der Waals surface area contributed by atoms with Gasteiger partial charge in [0.15, 0.2) is 0 Å². The molecule has 2 rings (SSSR count). The summed E-state index contributed by atoms with van der Waals surface area (Å²) in [6.07, 6.45) is 2.22. The van der Waals surface area contributed by atoms with E-state index in [1.165, 1.54) is 30.3 Å². The van der Waals surface area contributed by atoms with Crippen molar-refractivity contribution in [2.24, 2.45) is 0 Å². The summed E-state index contributed by atoms with van der Waals surface area (Å²) in [4.78, 5) is 7.76. The van der Waals surface area contributed by atoms with Gasteiger partial charge in [0.25, 0.3) is 5.69 Å². The van der Waals surface area contributed by atoms with E-state index in [2.05, 4.69) is 0 Å². The third-order valence-electron chi connectivity index (χ3n) is 2.97.